The lowest BCUT2D eigenvalue weighted by atomic mass is 10.1. The van der Waals surface area contributed by atoms with E-state index in [4.69, 9.17) is 11.6 Å². The largest absolute Gasteiger partial charge is 0.329 e. The summed E-state index contributed by atoms with van der Waals surface area (Å²) in [4.78, 5) is 12.4. The molecule has 2 atom stereocenters. The zero-order valence-corrected chi connectivity index (χ0v) is 15.6. The van der Waals surface area contributed by atoms with E-state index in [1.165, 1.54) is 11.8 Å². The minimum absolute atomic E-state index is 0.0882. The second kappa shape index (κ2) is 8.05. The Bertz CT molecular complexity index is 919. The summed E-state index contributed by atoms with van der Waals surface area (Å²) in [6.45, 7) is 0. The number of halogens is 1. The minimum Gasteiger partial charge on any atom is -0.329 e. The van der Waals surface area contributed by atoms with Crippen LogP contribution in [0, 0.1) is 0 Å². The number of thioether (sulfide) groups is 1. The van der Waals surface area contributed by atoms with Crippen molar-refractivity contribution in [3.8, 4) is 5.69 Å². The Balaban J connectivity index is 1.38. The molecule has 1 aliphatic heterocycles. The zero-order chi connectivity index (χ0) is 18.6. The van der Waals surface area contributed by atoms with Gasteiger partial charge in [-0.25, -0.2) is 10.9 Å². The first-order valence-electron chi connectivity index (χ1n) is 8.22. The number of benzene rings is 2. The smallest absolute Gasteiger partial charge is 0.244 e. The van der Waals surface area contributed by atoms with Gasteiger partial charge in [-0.3, -0.25) is 4.79 Å². The fraction of sp³-hybridized carbons (Fsp3) is 0.176. The maximum absolute atomic E-state index is 12.4. The third-order valence-corrected chi connectivity index (χ3v) is 5.26. The SMILES string of the molecule is O=C1NC(SCc2nnnn2-c2ccc(Cl)cc2)NNC1c1ccccc1. The Kier molecular flexibility index (Phi) is 5.35. The molecular weight excluding hydrogens is 386 g/mol. The van der Waals surface area contributed by atoms with Gasteiger partial charge in [0.15, 0.2) is 5.82 Å². The van der Waals surface area contributed by atoms with Crippen molar-refractivity contribution < 1.29 is 4.79 Å². The Labute approximate surface area is 164 Å². The highest BCUT2D eigenvalue weighted by Crippen LogP contribution is 2.20. The lowest BCUT2D eigenvalue weighted by molar-refractivity contribution is -0.125. The standard InChI is InChI=1S/C17H16ClN7OS/c18-12-6-8-13(9-7-12)25-14(20-23-24-25)10-27-17-19-16(26)15(21-22-17)11-4-2-1-3-5-11/h1-9,15,17,21-22H,10H2,(H,19,26). The van der Waals surface area contributed by atoms with E-state index in [0.29, 0.717) is 16.6 Å². The summed E-state index contributed by atoms with van der Waals surface area (Å²) in [6, 6.07) is 16.4. The fourth-order valence-electron chi connectivity index (χ4n) is 2.67. The monoisotopic (exact) mass is 401 g/mol. The predicted molar refractivity (Wildman–Crippen MR) is 103 cm³/mol. The van der Waals surface area contributed by atoms with Gasteiger partial charge in [-0.15, -0.1) is 16.9 Å². The van der Waals surface area contributed by atoms with Crippen LogP contribution in [0.1, 0.15) is 17.4 Å². The van der Waals surface area contributed by atoms with E-state index in [1.54, 1.807) is 16.8 Å². The van der Waals surface area contributed by atoms with Crippen LogP contribution in [0.4, 0.5) is 0 Å². The number of nitrogens with one attached hydrogen (secondary N) is 3. The number of carbonyl (C=O) groups excluding carboxylic acids is 1. The normalized spacial score (nSPS) is 19.7. The fourth-order valence-corrected chi connectivity index (χ4v) is 3.65. The molecule has 138 valence electrons. The minimum atomic E-state index is -0.428. The summed E-state index contributed by atoms with van der Waals surface area (Å²) in [5.74, 6) is 1.09. The molecule has 1 aromatic heterocycles. The first-order chi connectivity index (χ1) is 13.2. The Morgan fingerprint density at radius 2 is 1.85 bits per heavy atom. The number of tetrazole rings is 1. The summed E-state index contributed by atoms with van der Waals surface area (Å²) in [5, 5.41) is 15.4. The van der Waals surface area contributed by atoms with Crippen molar-refractivity contribution in [3.05, 3.63) is 71.0 Å². The van der Waals surface area contributed by atoms with Gasteiger partial charge in [-0.05, 0) is 40.3 Å². The van der Waals surface area contributed by atoms with E-state index in [0.717, 1.165) is 11.3 Å². The second-order valence-corrected chi connectivity index (χ2v) is 7.35. The van der Waals surface area contributed by atoms with Gasteiger partial charge in [0, 0.05) is 5.02 Å². The van der Waals surface area contributed by atoms with Crippen LogP contribution in [-0.2, 0) is 10.5 Å². The number of aromatic nitrogens is 4. The highest BCUT2D eigenvalue weighted by Gasteiger charge is 2.28. The first kappa shape index (κ1) is 17.9. The van der Waals surface area contributed by atoms with Crippen LogP contribution in [0.25, 0.3) is 5.69 Å². The molecule has 0 saturated carbocycles. The van der Waals surface area contributed by atoms with Gasteiger partial charge in [0.25, 0.3) is 0 Å². The molecule has 8 nitrogen and oxygen atoms in total. The number of hydrogen-bond donors (Lipinski definition) is 3. The molecule has 1 fully saturated rings. The van der Waals surface area contributed by atoms with E-state index < -0.39 is 6.04 Å². The predicted octanol–water partition coefficient (Wildman–Crippen LogP) is 1.80. The summed E-state index contributed by atoms with van der Waals surface area (Å²) in [6.07, 6.45) is 0. The van der Waals surface area contributed by atoms with Crippen molar-refractivity contribution in [2.75, 3.05) is 0 Å². The molecule has 10 heteroatoms. The van der Waals surface area contributed by atoms with E-state index in [9.17, 15) is 4.79 Å². The average Bonchev–Trinajstić information content (AvgIpc) is 3.16. The van der Waals surface area contributed by atoms with Gasteiger partial charge in [-0.1, -0.05) is 41.9 Å². The van der Waals surface area contributed by atoms with Crippen molar-refractivity contribution >= 4 is 29.3 Å². The molecule has 0 bridgehead atoms. The van der Waals surface area contributed by atoms with E-state index in [-0.39, 0.29) is 11.4 Å². The molecule has 1 saturated heterocycles. The topological polar surface area (TPSA) is 96.8 Å². The maximum atomic E-state index is 12.4. The van der Waals surface area contributed by atoms with Crippen LogP contribution in [0.15, 0.2) is 54.6 Å². The maximum Gasteiger partial charge on any atom is 0.244 e. The van der Waals surface area contributed by atoms with Crippen molar-refractivity contribution in [3.63, 3.8) is 0 Å². The number of nitrogens with zero attached hydrogens (tertiary/aromatic N) is 4. The summed E-state index contributed by atoms with van der Waals surface area (Å²) < 4.78 is 1.65. The molecule has 1 amide bonds. The first-order valence-corrected chi connectivity index (χ1v) is 9.64. The van der Waals surface area contributed by atoms with Gasteiger partial charge in [0.2, 0.25) is 5.91 Å². The highest BCUT2D eigenvalue weighted by molar-refractivity contribution is 7.99. The van der Waals surface area contributed by atoms with Gasteiger partial charge < -0.3 is 5.32 Å². The molecule has 2 unspecified atom stereocenters. The van der Waals surface area contributed by atoms with Gasteiger partial charge in [-0.2, -0.15) is 4.68 Å². The van der Waals surface area contributed by atoms with Crippen LogP contribution in [0.5, 0.6) is 0 Å². The van der Waals surface area contributed by atoms with Crippen LogP contribution < -0.4 is 16.2 Å². The molecule has 3 aromatic rings. The van der Waals surface area contributed by atoms with E-state index in [2.05, 4.69) is 31.7 Å². The molecule has 27 heavy (non-hydrogen) atoms. The second-order valence-electron chi connectivity index (χ2n) is 5.82. The van der Waals surface area contributed by atoms with E-state index >= 15 is 0 Å². The third-order valence-electron chi connectivity index (χ3n) is 4.01. The van der Waals surface area contributed by atoms with Crippen molar-refractivity contribution in [2.24, 2.45) is 0 Å². The van der Waals surface area contributed by atoms with Gasteiger partial charge >= 0.3 is 0 Å². The number of rotatable bonds is 5. The van der Waals surface area contributed by atoms with Crippen LogP contribution in [0.3, 0.4) is 0 Å². The summed E-state index contributed by atoms with van der Waals surface area (Å²) in [7, 11) is 0. The Hall–Kier alpha value is -2.46. The van der Waals surface area contributed by atoms with Gasteiger partial charge in [0.05, 0.1) is 11.4 Å². The van der Waals surface area contributed by atoms with E-state index in [1.807, 2.05) is 42.5 Å². The Morgan fingerprint density at radius 1 is 1.07 bits per heavy atom. The zero-order valence-electron chi connectivity index (χ0n) is 14.0. The lowest BCUT2D eigenvalue weighted by Crippen LogP contribution is -2.60. The van der Waals surface area contributed by atoms with Gasteiger partial charge in [0.1, 0.15) is 11.5 Å². The summed E-state index contributed by atoms with van der Waals surface area (Å²) >= 11 is 7.40. The van der Waals surface area contributed by atoms with Crippen LogP contribution in [0.2, 0.25) is 5.02 Å². The average molecular weight is 402 g/mol. The van der Waals surface area contributed by atoms with Crippen LogP contribution >= 0.6 is 23.4 Å². The number of hydrogen-bond acceptors (Lipinski definition) is 7. The highest BCUT2D eigenvalue weighted by atomic mass is 35.5. The molecule has 0 radical (unpaired) electrons. The molecule has 4 rings (SSSR count). The van der Waals surface area contributed by atoms with Crippen molar-refractivity contribution in [1.29, 1.82) is 0 Å². The number of amides is 1. The third kappa shape index (κ3) is 4.11. The lowest BCUT2D eigenvalue weighted by Gasteiger charge is -2.31. The Morgan fingerprint density at radius 3 is 2.59 bits per heavy atom. The number of carbonyl (C=O) groups is 1. The quantitative estimate of drug-likeness (QED) is 0.599. The molecule has 3 N–H and O–H groups in total. The van der Waals surface area contributed by atoms with Crippen molar-refractivity contribution in [1.82, 2.24) is 36.4 Å². The molecule has 2 heterocycles. The summed E-state index contributed by atoms with van der Waals surface area (Å²) in [5.41, 5.74) is 7.60. The molecule has 0 aliphatic carbocycles. The van der Waals surface area contributed by atoms with Crippen LogP contribution in [-0.4, -0.2) is 31.6 Å². The molecule has 1 aliphatic rings. The number of hydrazine groups is 1. The molecular formula is C17H16ClN7OS. The molecule has 2 aromatic carbocycles. The van der Waals surface area contributed by atoms with Crippen molar-refractivity contribution in [2.45, 2.75) is 17.3 Å². The molecule has 0 spiro atoms.